The highest BCUT2D eigenvalue weighted by atomic mass is 16.6. The third-order valence-corrected chi connectivity index (χ3v) is 8.36. The number of esters is 1. The van der Waals surface area contributed by atoms with E-state index in [4.69, 9.17) is 9.47 Å². The number of carbonyl (C=O) groups is 2. The maximum atomic E-state index is 13.5. The van der Waals surface area contributed by atoms with Crippen LogP contribution in [0.3, 0.4) is 0 Å². The van der Waals surface area contributed by atoms with Crippen LogP contribution in [0.4, 0.5) is 0 Å². The molecule has 0 amide bonds. The monoisotopic (exact) mass is 410 g/mol. The van der Waals surface area contributed by atoms with E-state index in [2.05, 4.69) is 0 Å². The van der Waals surface area contributed by atoms with Crippen LogP contribution >= 0.6 is 0 Å². The highest BCUT2D eigenvalue weighted by Gasteiger charge is 2.91. The van der Waals surface area contributed by atoms with E-state index < -0.39 is 69.7 Å². The minimum absolute atomic E-state index is 0.164. The lowest BCUT2D eigenvalue weighted by atomic mass is 9.54. The lowest BCUT2D eigenvalue weighted by Crippen LogP contribution is -2.82. The zero-order chi connectivity index (χ0) is 21.5. The number of carbonyl (C=O) groups excluding carboxylic acids is 2. The molecule has 0 aromatic rings. The molecule has 3 heterocycles. The van der Waals surface area contributed by atoms with Gasteiger partial charge in [0.2, 0.25) is 0 Å². The topological polar surface area (TPSA) is 154 Å². The van der Waals surface area contributed by atoms with Gasteiger partial charge in [-0.3, -0.25) is 4.79 Å². The van der Waals surface area contributed by atoms with Crippen LogP contribution in [0.5, 0.6) is 0 Å². The summed E-state index contributed by atoms with van der Waals surface area (Å²) in [5, 5.41) is 55.2. The summed E-state index contributed by atoms with van der Waals surface area (Å²) in [4.78, 5) is 26.5. The van der Waals surface area contributed by atoms with Crippen molar-refractivity contribution in [1.82, 2.24) is 0 Å². The molecule has 10 atom stereocenters. The lowest BCUT2D eigenvalue weighted by Gasteiger charge is -2.65. The van der Waals surface area contributed by atoms with Crippen molar-refractivity contribution in [3.05, 3.63) is 11.3 Å². The Morgan fingerprint density at radius 3 is 2.34 bits per heavy atom. The number of fused-ring (bicyclic) bond motifs is 1. The van der Waals surface area contributed by atoms with Crippen molar-refractivity contribution in [2.24, 2.45) is 17.8 Å². The first-order valence-electron chi connectivity index (χ1n) is 9.90. The van der Waals surface area contributed by atoms with Crippen LogP contribution < -0.4 is 0 Å². The first kappa shape index (κ1) is 19.4. The molecule has 5 fully saturated rings. The van der Waals surface area contributed by atoms with Gasteiger partial charge in [0.15, 0.2) is 17.0 Å². The summed E-state index contributed by atoms with van der Waals surface area (Å²) < 4.78 is 12.0. The van der Waals surface area contributed by atoms with Crippen molar-refractivity contribution in [1.29, 1.82) is 0 Å². The number of hydrogen-bond donors (Lipinski definition) is 5. The zero-order valence-corrected chi connectivity index (χ0v) is 16.7. The van der Waals surface area contributed by atoms with Crippen molar-refractivity contribution in [3.63, 3.8) is 0 Å². The van der Waals surface area contributed by atoms with Crippen LogP contribution in [-0.2, 0) is 19.1 Å². The minimum Gasteiger partial charge on any atom is -0.511 e. The average Bonchev–Trinajstić information content (AvgIpc) is 2.87. The van der Waals surface area contributed by atoms with Gasteiger partial charge in [-0.15, -0.1) is 0 Å². The Balaban J connectivity index is 1.90. The minimum atomic E-state index is -1.92. The standard InChI is InChI=1S/C20H26O9/c1-7-5-16(2,26)13(23)9-12(22)8-14(24)18(4)17(3,27)6-19(8)20(9,29-18)10(11(7)21)15(25)28-19/h7-9,12,14,21-22,24,26-27H,5-6H2,1-4H3/t7-,8-,9-,12-,14-,16-,17+,18+,19-,20+/m0/s1. The summed E-state index contributed by atoms with van der Waals surface area (Å²) >= 11 is 0. The average molecular weight is 410 g/mol. The maximum absolute atomic E-state index is 13.5. The molecule has 0 aromatic carbocycles. The molecule has 3 aliphatic heterocycles. The Morgan fingerprint density at radius 1 is 1.10 bits per heavy atom. The fraction of sp³-hybridized carbons (Fsp3) is 0.800. The summed E-state index contributed by atoms with van der Waals surface area (Å²) in [5.41, 5.74) is -9.13. The van der Waals surface area contributed by atoms with Crippen LogP contribution in [0.2, 0.25) is 0 Å². The molecule has 3 aliphatic carbocycles. The van der Waals surface area contributed by atoms with E-state index in [0.717, 1.165) is 0 Å². The van der Waals surface area contributed by atoms with E-state index in [1.165, 1.54) is 20.8 Å². The number of ketones is 1. The predicted molar refractivity (Wildman–Crippen MR) is 94.3 cm³/mol. The van der Waals surface area contributed by atoms with Crippen LogP contribution in [0.25, 0.3) is 0 Å². The smallest absolute Gasteiger partial charge is 0.341 e. The van der Waals surface area contributed by atoms with Gasteiger partial charge in [0, 0.05) is 12.3 Å². The van der Waals surface area contributed by atoms with Gasteiger partial charge in [-0.2, -0.15) is 0 Å². The highest BCUT2D eigenvalue weighted by Crippen LogP contribution is 2.74. The van der Waals surface area contributed by atoms with E-state index in [1.54, 1.807) is 6.92 Å². The largest absolute Gasteiger partial charge is 0.511 e. The van der Waals surface area contributed by atoms with E-state index in [-0.39, 0.29) is 24.2 Å². The number of Topliss-reactive ketones (excluding diaryl/α,β-unsaturated/α-hetero) is 1. The molecule has 0 unspecified atom stereocenters. The number of ether oxygens (including phenoxy) is 2. The third-order valence-electron chi connectivity index (χ3n) is 8.36. The van der Waals surface area contributed by atoms with E-state index >= 15 is 0 Å². The first-order valence-corrected chi connectivity index (χ1v) is 9.90. The lowest BCUT2D eigenvalue weighted by molar-refractivity contribution is -0.380. The Bertz CT molecular complexity index is 890. The molecule has 9 heteroatoms. The molecular weight excluding hydrogens is 384 g/mol. The quantitative estimate of drug-likeness (QED) is 0.320. The molecule has 2 saturated carbocycles. The van der Waals surface area contributed by atoms with Gasteiger partial charge >= 0.3 is 5.97 Å². The summed E-state index contributed by atoms with van der Waals surface area (Å²) in [6.07, 6.45) is -3.32. The Hall–Kier alpha value is -1.52. The molecule has 160 valence electrons. The second kappa shape index (κ2) is 4.86. The van der Waals surface area contributed by atoms with Gasteiger partial charge in [-0.05, 0) is 27.2 Å². The Labute approximate surface area is 166 Å². The normalized spacial score (nSPS) is 60.8. The summed E-state index contributed by atoms with van der Waals surface area (Å²) in [6.45, 7) is 5.76. The number of allylic oxidation sites excluding steroid dienone is 1. The number of rotatable bonds is 0. The molecule has 2 spiro atoms. The van der Waals surface area contributed by atoms with Gasteiger partial charge in [0.25, 0.3) is 0 Å². The molecule has 6 rings (SSSR count). The SMILES string of the molecule is C[C@H]1C[C@](C)(O)C(=O)[C@@H]2[C@@H](O)[C@H]3[C@H](O)[C@@]4(C)O[C@@]25C(=C1O)C(=O)O[C@@]35C[C@@]4(C)O. The molecule has 0 aromatic heterocycles. The van der Waals surface area contributed by atoms with Gasteiger partial charge in [0.05, 0.1) is 29.6 Å². The van der Waals surface area contributed by atoms with Crippen LogP contribution in [0, 0.1) is 17.8 Å². The van der Waals surface area contributed by atoms with Gasteiger partial charge in [0.1, 0.15) is 22.5 Å². The summed E-state index contributed by atoms with van der Waals surface area (Å²) in [6, 6.07) is 0. The first-order chi connectivity index (χ1) is 13.2. The van der Waals surface area contributed by atoms with Crippen molar-refractivity contribution < 1.29 is 44.6 Å². The summed E-state index contributed by atoms with van der Waals surface area (Å²) in [5.74, 6) is -5.37. The molecule has 3 saturated heterocycles. The fourth-order valence-electron chi connectivity index (χ4n) is 6.90. The number of aliphatic hydroxyl groups excluding tert-OH is 3. The zero-order valence-electron chi connectivity index (χ0n) is 16.7. The predicted octanol–water partition coefficient (Wildman–Crippen LogP) is -0.896. The van der Waals surface area contributed by atoms with Gasteiger partial charge in [-0.25, -0.2) is 4.79 Å². The molecule has 5 N–H and O–H groups in total. The third kappa shape index (κ3) is 1.70. The van der Waals surface area contributed by atoms with Crippen molar-refractivity contribution >= 4 is 11.8 Å². The molecular formula is C20H26O9. The van der Waals surface area contributed by atoms with E-state index in [9.17, 15) is 35.1 Å². The van der Waals surface area contributed by atoms with Crippen molar-refractivity contribution in [3.8, 4) is 0 Å². The summed E-state index contributed by atoms with van der Waals surface area (Å²) in [7, 11) is 0. The van der Waals surface area contributed by atoms with Crippen molar-refractivity contribution in [2.45, 2.75) is 80.7 Å². The molecule has 29 heavy (non-hydrogen) atoms. The second-order valence-corrected chi connectivity index (χ2v) is 10.1. The van der Waals surface area contributed by atoms with E-state index in [1.807, 2.05) is 0 Å². The number of hydrogen-bond acceptors (Lipinski definition) is 9. The fourth-order valence-corrected chi connectivity index (χ4v) is 6.90. The number of aliphatic hydroxyl groups is 5. The Morgan fingerprint density at radius 2 is 1.72 bits per heavy atom. The van der Waals surface area contributed by atoms with Gasteiger partial charge in [-0.1, -0.05) is 6.92 Å². The van der Waals surface area contributed by atoms with Crippen LogP contribution in [0.1, 0.15) is 40.5 Å². The van der Waals surface area contributed by atoms with Crippen LogP contribution in [0.15, 0.2) is 11.3 Å². The maximum Gasteiger partial charge on any atom is 0.341 e. The molecule has 9 nitrogen and oxygen atoms in total. The van der Waals surface area contributed by atoms with Crippen LogP contribution in [-0.4, -0.2) is 77.5 Å². The van der Waals surface area contributed by atoms with Gasteiger partial charge < -0.3 is 35.0 Å². The second-order valence-electron chi connectivity index (χ2n) is 10.1. The molecule has 4 bridgehead atoms. The highest BCUT2D eigenvalue weighted by molar-refractivity contribution is 6.01. The Kier molecular flexibility index (Phi) is 3.26. The van der Waals surface area contributed by atoms with E-state index in [0.29, 0.717) is 0 Å². The molecule has 6 aliphatic rings. The van der Waals surface area contributed by atoms with Crippen molar-refractivity contribution in [2.75, 3.05) is 0 Å². The molecule has 0 radical (unpaired) electrons.